The predicted molar refractivity (Wildman–Crippen MR) is 102 cm³/mol. The number of aromatic nitrogens is 1. The summed E-state index contributed by atoms with van der Waals surface area (Å²) in [6, 6.07) is 13.1. The predicted octanol–water partition coefficient (Wildman–Crippen LogP) is 4.16. The van der Waals surface area contributed by atoms with Crippen molar-refractivity contribution in [3.05, 3.63) is 52.6 Å². The molecule has 0 spiro atoms. The average Bonchev–Trinajstić information content (AvgIpc) is 3.25. The number of carbonyl (C=O) groups is 1. The summed E-state index contributed by atoms with van der Waals surface area (Å²) in [6.45, 7) is 4.80. The maximum Gasteiger partial charge on any atom is 0.243 e. The van der Waals surface area contributed by atoms with Gasteiger partial charge >= 0.3 is 0 Å². The quantitative estimate of drug-likeness (QED) is 0.635. The summed E-state index contributed by atoms with van der Waals surface area (Å²) in [5.74, 6) is 0.111. The van der Waals surface area contributed by atoms with Crippen LogP contribution in [-0.4, -0.2) is 17.5 Å². The molecule has 26 heavy (non-hydrogen) atoms. The first-order valence-electron chi connectivity index (χ1n) is 8.14. The molecule has 0 saturated heterocycles. The molecule has 1 aromatic carbocycles. The van der Waals surface area contributed by atoms with Crippen molar-refractivity contribution in [2.24, 2.45) is 5.92 Å². The van der Waals surface area contributed by atoms with E-state index >= 15 is 0 Å². The van der Waals surface area contributed by atoms with Crippen LogP contribution in [-0.2, 0) is 0 Å². The third kappa shape index (κ3) is 3.46. The lowest BCUT2D eigenvalue weighted by atomic mass is 10.1. The summed E-state index contributed by atoms with van der Waals surface area (Å²) in [5, 5.41) is 17.1. The Hall–Kier alpha value is -3.11. The molecule has 3 N–H and O–H groups in total. The molecule has 0 bridgehead atoms. The number of nitrogen functional groups attached to an aromatic ring is 1. The largest absolute Gasteiger partial charge is 0.396 e. The van der Waals surface area contributed by atoms with Crippen molar-refractivity contribution in [3.63, 3.8) is 0 Å². The second-order valence-electron chi connectivity index (χ2n) is 6.21. The Bertz CT molecular complexity index is 967. The lowest BCUT2D eigenvalue weighted by Gasteiger charge is -2.06. The van der Waals surface area contributed by atoms with Crippen molar-refractivity contribution in [1.29, 1.82) is 5.26 Å². The van der Waals surface area contributed by atoms with Gasteiger partial charge in [0.15, 0.2) is 0 Å². The van der Waals surface area contributed by atoms with E-state index in [4.69, 9.17) is 10.3 Å². The number of nitrogens with two attached hydrogens (primary N) is 1. The Balaban J connectivity index is 1.91. The second kappa shape index (κ2) is 7.42. The molecular formula is C19H18N4O2S. The van der Waals surface area contributed by atoms with E-state index in [2.05, 4.69) is 30.4 Å². The van der Waals surface area contributed by atoms with Crippen molar-refractivity contribution < 1.29 is 9.32 Å². The zero-order chi connectivity index (χ0) is 18.7. The topological polar surface area (TPSA) is 105 Å². The fourth-order valence-corrected chi connectivity index (χ4v) is 3.41. The van der Waals surface area contributed by atoms with Crippen molar-refractivity contribution in [1.82, 2.24) is 5.16 Å². The average molecular weight is 366 g/mol. The zero-order valence-corrected chi connectivity index (χ0v) is 15.3. The molecule has 0 fully saturated rings. The first-order valence-corrected chi connectivity index (χ1v) is 8.96. The third-order valence-corrected chi connectivity index (χ3v) is 4.90. The Morgan fingerprint density at radius 3 is 2.77 bits per heavy atom. The number of carbonyl (C=O) groups excluding carboxylic acids is 1. The standard InChI is InChI=1S/C19H18N4O2S/c1-11(2)10-22-19-13(9-20)16(21)18(26-19)17(24)15-8-14(23-25-15)12-6-4-3-5-7-12/h3-8,11,22H,10,21H2,1-2H3. The van der Waals surface area contributed by atoms with Crippen molar-refractivity contribution >= 4 is 27.8 Å². The molecule has 132 valence electrons. The number of ketones is 1. The zero-order valence-electron chi connectivity index (χ0n) is 14.4. The maximum atomic E-state index is 12.8. The van der Waals surface area contributed by atoms with E-state index in [1.54, 1.807) is 6.07 Å². The van der Waals surface area contributed by atoms with Crippen LogP contribution in [0.2, 0.25) is 0 Å². The number of anilines is 2. The van der Waals surface area contributed by atoms with Crippen molar-refractivity contribution in [2.75, 3.05) is 17.6 Å². The molecule has 2 aromatic heterocycles. The van der Waals surface area contributed by atoms with Gasteiger partial charge in [-0.3, -0.25) is 4.79 Å². The highest BCUT2D eigenvalue weighted by molar-refractivity contribution is 7.19. The van der Waals surface area contributed by atoms with Crippen LogP contribution in [0.15, 0.2) is 40.9 Å². The van der Waals surface area contributed by atoms with Crippen molar-refractivity contribution in [2.45, 2.75) is 13.8 Å². The molecule has 0 atom stereocenters. The van der Waals surface area contributed by atoms with Gasteiger partial charge in [0.05, 0.1) is 5.69 Å². The molecule has 0 aliphatic carbocycles. The summed E-state index contributed by atoms with van der Waals surface area (Å²) in [6.07, 6.45) is 0. The number of hydrogen-bond donors (Lipinski definition) is 2. The summed E-state index contributed by atoms with van der Waals surface area (Å²) in [5.41, 5.74) is 7.93. The molecule has 0 radical (unpaired) electrons. The van der Waals surface area contributed by atoms with E-state index in [9.17, 15) is 10.1 Å². The van der Waals surface area contributed by atoms with E-state index < -0.39 is 0 Å². The van der Waals surface area contributed by atoms with Crippen molar-refractivity contribution in [3.8, 4) is 17.3 Å². The molecule has 0 aliphatic rings. The number of rotatable bonds is 6. The smallest absolute Gasteiger partial charge is 0.243 e. The van der Waals surface area contributed by atoms with E-state index in [0.29, 0.717) is 28.7 Å². The van der Waals surface area contributed by atoms with Crippen LogP contribution in [0, 0.1) is 17.2 Å². The number of nitrogens with one attached hydrogen (secondary N) is 1. The van der Waals surface area contributed by atoms with Gasteiger partial charge in [-0.2, -0.15) is 5.26 Å². The van der Waals surface area contributed by atoms with Crippen LogP contribution in [0.25, 0.3) is 11.3 Å². The third-order valence-electron chi connectivity index (χ3n) is 3.74. The molecular weight excluding hydrogens is 348 g/mol. The molecule has 0 aliphatic heterocycles. The Labute approximate surface area is 155 Å². The molecule has 2 heterocycles. The van der Waals surface area contributed by atoms with E-state index in [1.807, 2.05) is 30.3 Å². The van der Waals surface area contributed by atoms with Crippen LogP contribution in [0.5, 0.6) is 0 Å². The van der Waals surface area contributed by atoms with Gasteiger partial charge in [-0.05, 0) is 5.92 Å². The monoisotopic (exact) mass is 366 g/mol. The minimum atomic E-state index is -0.378. The Morgan fingerprint density at radius 2 is 2.12 bits per heavy atom. The van der Waals surface area contributed by atoms with Crippen LogP contribution >= 0.6 is 11.3 Å². The molecule has 0 unspecified atom stereocenters. The van der Waals surface area contributed by atoms with Gasteiger partial charge in [-0.25, -0.2) is 0 Å². The van der Waals surface area contributed by atoms with Gasteiger partial charge in [0.2, 0.25) is 11.5 Å². The van der Waals surface area contributed by atoms with E-state index in [0.717, 1.165) is 16.9 Å². The molecule has 3 rings (SSSR count). The number of thiophene rings is 1. The number of benzene rings is 1. The van der Waals surface area contributed by atoms with E-state index in [-0.39, 0.29) is 22.1 Å². The molecule has 7 heteroatoms. The second-order valence-corrected chi connectivity index (χ2v) is 7.23. The first-order chi connectivity index (χ1) is 12.5. The number of hydrogen-bond acceptors (Lipinski definition) is 7. The highest BCUT2D eigenvalue weighted by Gasteiger charge is 2.25. The van der Waals surface area contributed by atoms with Crippen LogP contribution in [0.4, 0.5) is 10.7 Å². The molecule has 3 aromatic rings. The van der Waals surface area contributed by atoms with Gasteiger partial charge < -0.3 is 15.6 Å². The maximum absolute atomic E-state index is 12.8. The van der Waals surface area contributed by atoms with Gasteiger partial charge in [-0.15, -0.1) is 11.3 Å². The SMILES string of the molecule is CC(C)CNc1sc(C(=O)c2cc(-c3ccccc3)no2)c(N)c1C#N. The van der Waals surface area contributed by atoms with Crippen LogP contribution in [0.1, 0.15) is 34.8 Å². The highest BCUT2D eigenvalue weighted by atomic mass is 32.1. The fourth-order valence-electron chi connectivity index (χ4n) is 2.38. The normalized spacial score (nSPS) is 10.7. The van der Waals surface area contributed by atoms with Gasteiger partial charge in [-0.1, -0.05) is 49.3 Å². The van der Waals surface area contributed by atoms with Crippen LogP contribution < -0.4 is 11.1 Å². The minimum Gasteiger partial charge on any atom is -0.396 e. The summed E-state index contributed by atoms with van der Waals surface area (Å²) < 4.78 is 5.22. The van der Waals surface area contributed by atoms with Gasteiger partial charge in [0.25, 0.3) is 0 Å². The van der Waals surface area contributed by atoms with Gasteiger partial charge in [0, 0.05) is 18.2 Å². The summed E-state index contributed by atoms with van der Waals surface area (Å²) in [7, 11) is 0. The number of nitriles is 1. The van der Waals surface area contributed by atoms with Gasteiger partial charge in [0.1, 0.15) is 27.2 Å². The lowest BCUT2D eigenvalue weighted by Crippen LogP contribution is -2.07. The Kier molecular flexibility index (Phi) is 5.05. The highest BCUT2D eigenvalue weighted by Crippen LogP contribution is 2.37. The summed E-state index contributed by atoms with van der Waals surface area (Å²) in [4.78, 5) is 13.1. The first kappa shape index (κ1) is 17.7. The lowest BCUT2D eigenvalue weighted by molar-refractivity contribution is 0.100. The van der Waals surface area contributed by atoms with Crippen LogP contribution in [0.3, 0.4) is 0 Å². The minimum absolute atomic E-state index is 0.0942. The fraction of sp³-hybridized carbons (Fsp3) is 0.211. The Morgan fingerprint density at radius 1 is 1.38 bits per heavy atom. The molecule has 0 amide bonds. The summed E-state index contributed by atoms with van der Waals surface area (Å²) >= 11 is 1.16. The molecule has 0 saturated carbocycles. The molecule has 6 nitrogen and oxygen atoms in total. The van der Waals surface area contributed by atoms with E-state index in [1.165, 1.54) is 0 Å². The number of nitrogens with zero attached hydrogens (tertiary/aromatic N) is 2.